The standard InChI is InChI=1S/C78H127NO10/c1-4-7-10-13-16-19-22-24-26-28-30-32-34-35-36-38-39-41-43-45-47-50-53-56-59-62-65-71(82)77(86)79-69(70(81)64-61-58-55-52-49-21-18-15-12-9-6-3)68-87-78-76(75(85)74(84)72(67-80)88-78)89-73(83)66-63-60-57-54-51-48-46-44-42-40-37-33-31-29-27-25-23-20-17-14-11-8-5-2/h7-8,10-11,16-17,19-20,24-27,30-33,35-36,39-42,46,48,61,64,69-72,74-76,78,80-82,84-85H,4-6,9,12-15,18,21-23,28-29,34,37-38,43-45,47,49-60,62-63,65-68H2,1-3H3,(H,79,86)/b10-7-,11-8-,19-16-,20-17-,26-24-,27-25-,32-30-,33-31-,36-35-,41-39-,42-40-,48-46-,64-61+. The maximum atomic E-state index is 13.5. The van der Waals surface area contributed by atoms with Crippen molar-refractivity contribution in [2.75, 3.05) is 13.2 Å². The lowest BCUT2D eigenvalue weighted by Crippen LogP contribution is -2.61. The molecule has 0 aromatic rings. The summed E-state index contributed by atoms with van der Waals surface area (Å²) in [5.41, 5.74) is 0. The Morgan fingerprint density at radius 3 is 1.21 bits per heavy atom. The molecule has 0 aromatic carbocycles. The molecular formula is C78H127NO10. The molecule has 8 atom stereocenters. The van der Waals surface area contributed by atoms with E-state index in [-0.39, 0.29) is 19.4 Å². The van der Waals surface area contributed by atoms with E-state index in [0.717, 1.165) is 167 Å². The number of rotatable bonds is 58. The molecule has 1 rings (SSSR count). The van der Waals surface area contributed by atoms with Gasteiger partial charge in [-0.2, -0.15) is 0 Å². The van der Waals surface area contributed by atoms with Gasteiger partial charge in [0.2, 0.25) is 5.91 Å². The maximum Gasteiger partial charge on any atom is 0.306 e. The van der Waals surface area contributed by atoms with E-state index in [1.807, 2.05) is 6.08 Å². The lowest BCUT2D eigenvalue weighted by Gasteiger charge is -2.41. The smallest absolute Gasteiger partial charge is 0.306 e. The summed E-state index contributed by atoms with van der Waals surface area (Å²) in [7, 11) is 0. The Balaban J connectivity index is 2.60. The summed E-state index contributed by atoms with van der Waals surface area (Å²) in [6, 6.07) is -1.05. The SMILES string of the molecule is CC/C=C\C/C=C\C/C=C\C/C=C\C/C=C\C/C=C\CCCCCCCCCC(O)C(=O)NC(COC1OC(CO)C(O)C(O)C1OC(=O)CCCCCC/C=C\C/C=C\C/C=C\C/C=C\C/C=C\C/C=C\CC)C(O)/C=C/CCCCCCCCCCC. The number of ether oxygens (including phenoxy) is 3. The van der Waals surface area contributed by atoms with Gasteiger partial charge in [-0.25, -0.2) is 0 Å². The number of hydrogen-bond donors (Lipinski definition) is 6. The molecule has 8 unspecified atom stereocenters. The van der Waals surface area contributed by atoms with Crippen LogP contribution in [0.15, 0.2) is 158 Å². The average molecular weight is 1240 g/mol. The fourth-order valence-electron chi connectivity index (χ4n) is 9.95. The molecule has 6 N–H and O–H groups in total. The molecule has 1 heterocycles. The number of unbranched alkanes of at least 4 members (excludes halogenated alkanes) is 20. The molecule has 1 saturated heterocycles. The highest BCUT2D eigenvalue weighted by Crippen LogP contribution is 2.26. The normalized spacial score (nSPS) is 19.1. The molecule has 0 aromatic heterocycles. The van der Waals surface area contributed by atoms with Crippen LogP contribution in [0.2, 0.25) is 0 Å². The molecule has 0 spiro atoms. The van der Waals surface area contributed by atoms with Crippen molar-refractivity contribution in [3.63, 3.8) is 0 Å². The lowest BCUT2D eigenvalue weighted by molar-refractivity contribution is -0.305. The molecule has 0 radical (unpaired) electrons. The van der Waals surface area contributed by atoms with Crippen molar-refractivity contribution in [2.45, 2.75) is 307 Å². The number of carbonyl (C=O) groups excluding carboxylic acids is 2. The summed E-state index contributed by atoms with van der Waals surface area (Å²) in [6.45, 7) is 5.53. The van der Waals surface area contributed by atoms with Crippen LogP contribution in [0.4, 0.5) is 0 Å². The fraction of sp³-hybridized carbons (Fsp3) is 0.641. The van der Waals surface area contributed by atoms with Gasteiger partial charge in [0.25, 0.3) is 0 Å². The lowest BCUT2D eigenvalue weighted by atomic mass is 9.99. The van der Waals surface area contributed by atoms with Crippen LogP contribution in [-0.4, -0.2) is 99.6 Å². The Bertz CT molecular complexity index is 2060. The fourth-order valence-corrected chi connectivity index (χ4v) is 9.95. The van der Waals surface area contributed by atoms with Gasteiger partial charge in [0.15, 0.2) is 12.4 Å². The van der Waals surface area contributed by atoms with Crippen LogP contribution in [-0.2, 0) is 23.8 Å². The molecule has 89 heavy (non-hydrogen) atoms. The number of esters is 1. The van der Waals surface area contributed by atoms with Gasteiger partial charge in [0.05, 0.1) is 25.4 Å². The van der Waals surface area contributed by atoms with Crippen LogP contribution < -0.4 is 5.32 Å². The van der Waals surface area contributed by atoms with Gasteiger partial charge in [-0.05, 0) is 128 Å². The summed E-state index contributed by atoms with van der Waals surface area (Å²) in [5.74, 6) is -1.24. The number of amides is 1. The predicted molar refractivity (Wildman–Crippen MR) is 374 cm³/mol. The predicted octanol–water partition coefficient (Wildman–Crippen LogP) is 18.3. The van der Waals surface area contributed by atoms with E-state index in [1.165, 1.54) is 44.9 Å². The molecule has 0 aliphatic carbocycles. The quantitative estimate of drug-likeness (QED) is 0.0195. The molecular weight excluding hydrogens is 1110 g/mol. The number of aliphatic hydroxyl groups is 5. The van der Waals surface area contributed by atoms with Crippen molar-refractivity contribution in [3.8, 4) is 0 Å². The number of aliphatic hydroxyl groups excluding tert-OH is 5. The third-order valence-corrected chi connectivity index (χ3v) is 15.4. The largest absolute Gasteiger partial charge is 0.454 e. The monoisotopic (exact) mass is 1240 g/mol. The number of hydrogen-bond acceptors (Lipinski definition) is 10. The zero-order valence-corrected chi connectivity index (χ0v) is 56.0. The van der Waals surface area contributed by atoms with Crippen LogP contribution in [0.1, 0.15) is 258 Å². The van der Waals surface area contributed by atoms with Crippen LogP contribution in [0, 0.1) is 0 Å². The molecule has 504 valence electrons. The molecule has 1 amide bonds. The van der Waals surface area contributed by atoms with Crippen LogP contribution in [0.5, 0.6) is 0 Å². The Morgan fingerprint density at radius 1 is 0.449 bits per heavy atom. The average Bonchev–Trinajstić information content (AvgIpc) is 2.45. The molecule has 1 aliphatic heterocycles. The zero-order chi connectivity index (χ0) is 64.6. The minimum absolute atomic E-state index is 0.0835. The second-order valence-electron chi connectivity index (χ2n) is 23.5. The highest BCUT2D eigenvalue weighted by Gasteiger charge is 2.47. The van der Waals surface area contributed by atoms with Crippen molar-refractivity contribution in [1.82, 2.24) is 5.32 Å². The topological polar surface area (TPSA) is 175 Å². The Labute approximate surface area is 542 Å². The summed E-state index contributed by atoms with van der Waals surface area (Å²) < 4.78 is 17.6. The van der Waals surface area contributed by atoms with Crippen LogP contribution in [0.25, 0.3) is 0 Å². The second kappa shape index (κ2) is 63.4. The van der Waals surface area contributed by atoms with E-state index < -0.39 is 67.4 Å². The van der Waals surface area contributed by atoms with Gasteiger partial charge < -0.3 is 45.1 Å². The van der Waals surface area contributed by atoms with Crippen molar-refractivity contribution < 1.29 is 49.3 Å². The summed E-state index contributed by atoms with van der Waals surface area (Å²) in [5, 5.41) is 57.2. The summed E-state index contributed by atoms with van der Waals surface area (Å²) >= 11 is 0. The van der Waals surface area contributed by atoms with E-state index in [9.17, 15) is 35.1 Å². The van der Waals surface area contributed by atoms with Gasteiger partial charge >= 0.3 is 5.97 Å². The van der Waals surface area contributed by atoms with Gasteiger partial charge in [0.1, 0.15) is 24.4 Å². The third kappa shape index (κ3) is 50.6. The van der Waals surface area contributed by atoms with Gasteiger partial charge in [-0.15, -0.1) is 0 Å². The summed E-state index contributed by atoms with van der Waals surface area (Å²) in [6.07, 6.45) is 82.7. The number of nitrogens with one attached hydrogen (secondary N) is 1. The van der Waals surface area contributed by atoms with Gasteiger partial charge in [0, 0.05) is 6.42 Å². The van der Waals surface area contributed by atoms with Crippen molar-refractivity contribution in [1.29, 1.82) is 0 Å². The van der Waals surface area contributed by atoms with E-state index in [1.54, 1.807) is 6.08 Å². The van der Waals surface area contributed by atoms with Crippen molar-refractivity contribution in [2.24, 2.45) is 0 Å². The van der Waals surface area contributed by atoms with Crippen molar-refractivity contribution in [3.05, 3.63) is 158 Å². The Morgan fingerprint density at radius 2 is 0.809 bits per heavy atom. The van der Waals surface area contributed by atoms with Gasteiger partial charge in [-0.1, -0.05) is 281 Å². The first kappa shape index (κ1) is 82.3. The molecule has 11 nitrogen and oxygen atoms in total. The molecule has 11 heteroatoms. The Kier molecular flexibility index (Phi) is 58.6. The second-order valence-corrected chi connectivity index (χ2v) is 23.5. The minimum atomic E-state index is -1.64. The first-order chi connectivity index (χ1) is 43.7. The third-order valence-electron chi connectivity index (χ3n) is 15.4. The number of allylic oxidation sites excluding steroid dienone is 25. The first-order valence-electron chi connectivity index (χ1n) is 35.3. The highest BCUT2D eigenvalue weighted by atomic mass is 16.7. The maximum absolute atomic E-state index is 13.5. The van der Waals surface area contributed by atoms with Crippen LogP contribution >= 0.6 is 0 Å². The molecule has 1 fully saturated rings. The molecule has 1 aliphatic rings. The van der Waals surface area contributed by atoms with Crippen molar-refractivity contribution >= 4 is 11.9 Å². The molecule has 0 bridgehead atoms. The highest BCUT2D eigenvalue weighted by molar-refractivity contribution is 5.80. The Hall–Kier alpha value is -4.72. The summed E-state index contributed by atoms with van der Waals surface area (Å²) in [4.78, 5) is 26.7. The van der Waals surface area contributed by atoms with E-state index in [2.05, 4.69) is 172 Å². The van der Waals surface area contributed by atoms with E-state index in [4.69, 9.17) is 14.2 Å². The van der Waals surface area contributed by atoms with E-state index >= 15 is 0 Å². The minimum Gasteiger partial charge on any atom is -0.454 e. The van der Waals surface area contributed by atoms with E-state index in [0.29, 0.717) is 12.8 Å². The molecule has 0 saturated carbocycles. The number of carbonyl (C=O) groups is 2. The zero-order valence-electron chi connectivity index (χ0n) is 56.0. The first-order valence-corrected chi connectivity index (χ1v) is 35.3. The van der Waals surface area contributed by atoms with Gasteiger partial charge in [-0.3, -0.25) is 9.59 Å². The van der Waals surface area contributed by atoms with Crippen LogP contribution in [0.3, 0.4) is 0 Å².